The van der Waals surface area contributed by atoms with Crippen molar-refractivity contribution in [3.63, 3.8) is 0 Å². The van der Waals surface area contributed by atoms with E-state index < -0.39 is 17.9 Å². The Kier molecular flexibility index (Phi) is 5.96. The third-order valence-corrected chi connectivity index (χ3v) is 3.90. The fourth-order valence-corrected chi connectivity index (χ4v) is 2.41. The molecule has 1 aromatic heterocycles. The first kappa shape index (κ1) is 18.7. The Bertz CT molecular complexity index is 771. The third-order valence-electron chi connectivity index (χ3n) is 3.90. The Labute approximate surface area is 147 Å². The molecule has 0 saturated heterocycles. The maximum Gasteiger partial charge on any atom is 0.322 e. The van der Waals surface area contributed by atoms with E-state index in [1.807, 2.05) is 12.1 Å². The summed E-state index contributed by atoms with van der Waals surface area (Å²) in [7, 11) is 0. The summed E-state index contributed by atoms with van der Waals surface area (Å²) in [4.78, 5) is 26.9. The predicted octanol–water partition coefficient (Wildman–Crippen LogP) is 2.79. The van der Waals surface area contributed by atoms with E-state index in [2.05, 4.69) is 29.4 Å². The molecule has 134 valence electrons. The number of nitrogens with zero attached hydrogens (tertiary/aromatic N) is 1. The van der Waals surface area contributed by atoms with Crippen LogP contribution in [-0.4, -0.2) is 35.1 Å². The maximum absolute atomic E-state index is 12.0. The molecule has 0 aliphatic carbocycles. The van der Waals surface area contributed by atoms with Gasteiger partial charge in [-0.15, -0.1) is 0 Å². The molecule has 2 aromatic rings. The molecule has 1 aromatic carbocycles. The van der Waals surface area contributed by atoms with E-state index >= 15 is 0 Å². The number of hydrogen-bond donors (Lipinski definition) is 2. The molecule has 1 heterocycles. The summed E-state index contributed by atoms with van der Waals surface area (Å²) in [6, 6.07) is 8.13. The number of carboxylic acids is 1. The van der Waals surface area contributed by atoms with E-state index in [9.17, 15) is 9.59 Å². The highest BCUT2D eigenvalue weighted by atomic mass is 16.5. The molecule has 1 amide bonds. The van der Waals surface area contributed by atoms with Gasteiger partial charge in [-0.1, -0.05) is 31.5 Å². The highest BCUT2D eigenvalue weighted by Crippen LogP contribution is 2.22. The topological polar surface area (TPSA) is 88.5 Å². The van der Waals surface area contributed by atoms with Crippen LogP contribution in [0.1, 0.15) is 32.8 Å². The van der Waals surface area contributed by atoms with Crippen molar-refractivity contribution in [2.24, 2.45) is 5.41 Å². The van der Waals surface area contributed by atoms with Gasteiger partial charge in [0.2, 0.25) is 11.8 Å². The molecule has 0 aliphatic rings. The molecular weight excluding hydrogens is 320 g/mol. The van der Waals surface area contributed by atoms with Crippen LogP contribution in [0, 0.1) is 5.41 Å². The molecular formula is C19H24N2O4. The molecule has 25 heavy (non-hydrogen) atoms. The number of nitrogens with one attached hydrogen (secondary N) is 1. The van der Waals surface area contributed by atoms with Gasteiger partial charge in [0, 0.05) is 17.6 Å². The van der Waals surface area contributed by atoms with Crippen LogP contribution in [0.5, 0.6) is 5.88 Å². The minimum absolute atomic E-state index is 0.103. The first-order valence-electron chi connectivity index (χ1n) is 8.33. The number of aliphatic carboxylic acids is 1. The third kappa shape index (κ3) is 5.17. The Morgan fingerprint density at radius 3 is 2.68 bits per heavy atom. The number of aryl methyl sites for hydroxylation is 1. The van der Waals surface area contributed by atoms with Gasteiger partial charge < -0.3 is 15.2 Å². The monoisotopic (exact) mass is 344 g/mol. The number of carboxylic acid groups (broad SMARTS) is 1. The maximum atomic E-state index is 12.0. The fraction of sp³-hybridized carbons (Fsp3) is 0.421. The normalized spacial score (nSPS) is 11.3. The van der Waals surface area contributed by atoms with Gasteiger partial charge in [0.25, 0.3) is 0 Å². The summed E-state index contributed by atoms with van der Waals surface area (Å²) in [6.45, 7) is 5.24. The molecule has 0 fully saturated rings. The lowest BCUT2D eigenvalue weighted by Gasteiger charge is -2.23. The van der Waals surface area contributed by atoms with Crippen LogP contribution < -0.4 is 10.1 Å². The van der Waals surface area contributed by atoms with Gasteiger partial charge >= 0.3 is 5.97 Å². The summed E-state index contributed by atoms with van der Waals surface area (Å²) < 4.78 is 5.69. The largest absolute Gasteiger partial charge is 0.480 e. The minimum atomic E-state index is -1.08. The van der Waals surface area contributed by atoms with E-state index in [4.69, 9.17) is 9.84 Å². The van der Waals surface area contributed by atoms with E-state index in [1.165, 1.54) is 5.56 Å². The highest BCUT2D eigenvalue weighted by Gasteiger charge is 2.29. The second kappa shape index (κ2) is 7.96. The molecule has 0 unspecified atom stereocenters. The Balaban J connectivity index is 2.06. The lowest BCUT2D eigenvalue weighted by Crippen LogP contribution is -2.42. The van der Waals surface area contributed by atoms with Crippen LogP contribution in [0.15, 0.2) is 30.5 Å². The van der Waals surface area contributed by atoms with Crippen molar-refractivity contribution in [2.45, 2.75) is 33.6 Å². The molecule has 6 nitrogen and oxygen atoms in total. The zero-order valence-electron chi connectivity index (χ0n) is 14.8. The van der Waals surface area contributed by atoms with Crippen LogP contribution in [0.2, 0.25) is 0 Å². The number of carbonyl (C=O) groups is 2. The number of aromatic nitrogens is 1. The van der Waals surface area contributed by atoms with E-state index in [-0.39, 0.29) is 12.5 Å². The number of hydrogen-bond acceptors (Lipinski definition) is 4. The number of amides is 1. The zero-order valence-corrected chi connectivity index (χ0v) is 14.8. The number of carbonyl (C=O) groups excluding carboxylic acids is 1. The van der Waals surface area contributed by atoms with Crippen molar-refractivity contribution in [1.82, 2.24) is 10.3 Å². The number of benzene rings is 1. The lowest BCUT2D eigenvalue weighted by atomic mass is 9.93. The minimum Gasteiger partial charge on any atom is -0.480 e. The summed E-state index contributed by atoms with van der Waals surface area (Å²) in [5.74, 6) is -1.01. The molecule has 2 N–H and O–H groups in total. The molecule has 2 rings (SSSR count). The van der Waals surface area contributed by atoms with E-state index in [0.717, 1.165) is 23.6 Å². The quantitative estimate of drug-likeness (QED) is 0.769. The molecule has 0 radical (unpaired) electrons. The van der Waals surface area contributed by atoms with Crippen LogP contribution >= 0.6 is 0 Å². The van der Waals surface area contributed by atoms with E-state index in [1.54, 1.807) is 20.0 Å². The van der Waals surface area contributed by atoms with Crippen LogP contribution in [0.4, 0.5) is 0 Å². The first-order chi connectivity index (χ1) is 11.8. The smallest absolute Gasteiger partial charge is 0.322 e. The Hall–Kier alpha value is -2.63. The average Bonchev–Trinajstić information content (AvgIpc) is 2.57. The SMILES string of the molecule is CCCc1ccc2cnc(OCC(C)(C)C(=O)NCC(=O)O)cc2c1. The summed E-state index contributed by atoms with van der Waals surface area (Å²) >= 11 is 0. The number of rotatable bonds is 8. The molecule has 0 bridgehead atoms. The predicted molar refractivity (Wildman–Crippen MR) is 95.7 cm³/mol. The number of fused-ring (bicyclic) bond motifs is 1. The van der Waals surface area contributed by atoms with Crippen LogP contribution in [-0.2, 0) is 16.0 Å². The molecule has 6 heteroatoms. The van der Waals surface area contributed by atoms with Gasteiger partial charge in [0.05, 0.1) is 5.41 Å². The van der Waals surface area contributed by atoms with Crippen LogP contribution in [0.3, 0.4) is 0 Å². The summed E-state index contributed by atoms with van der Waals surface area (Å²) in [5, 5.41) is 13.1. The summed E-state index contributed by atoms with van der Waals surface area (Å²) in [6.07, 6.45) is 3.85. The van der Waals surface area contributed by atoms with Crippen LogP contribution in [0.25, 0.3) is 10.8 Å². The Morgan fingerprint density at radius 1 is 1.24 bits per heavy atom. The molecule has 0 saturated carbocycles. The second-order valence-corrected chi connectivity index (χ2v) is 6.70. The van der Waals surface area contributed by atoms with Crippen molar-refractivity contribution in [1.29, 1.82) is 0 Å². The van der Waals surface area contributed by atoms with Crippen molar-refractivity contribution < 1.29 is 19.4 Å². The van der Waals surface area contributed by atoms with E-state index in [0.29, 0.717) is 5.88 Å². The van der Waals surface area contributed by atoms with Gasteiger partial charge in [0.1, 0.15) is 13.2 Å². The van der Waals surface area contributed by atoms with Gasteiger partial charge in [-0.2, -0.15) is 0 Å². The summed E-state index contributed by atoms with van der Waals surface area (Å²) in [5.41, 5.74) is 0.399. The average molecular weight is 344 g/mol. The standard InChI is InChI=1S/C19H24N2O4/c1-4-5-13-6-7-14-10-20-16(9-15(14)8-13)25-12-19(2,3)18(24)21-11-17(22)23/h6-10H,4-5,11-12H2,1-3H3,(H,21,24)(H,22,23). The number of ether oxygens (including phenoxy) is 1. The van der Waals surface area contributed by atoms with Gasteiger partial charge in [-0.3, -0.25) is 9.59 Å². The molecule has 0 aliphatic heterocycles. The highest BCUT2D eigenvalue weighted by molar-refractivity contribution is 5.85. The fourth-order valence-electron chi connectivity index (χ4n) is 2.41. The number of pyridine rings is 1. The zero-order chi connectivity index (χ0) is 18.4. The Morgan fingerprint density at radius 2 is 2.00 bits per heavy atom. The van der Waals surface area contributed by atoms with Crippen molar-refractivity contribution in [3.8, 4) is 5.88 Å². The second-order valence-electron chi connectivity index (χ2n) is 6.70. The first-order valence-corrected chi connectivity index (χ1v) is 8.33. The lowest BCUT2D eigenvalue weighted by molar-refractivity contribution is -0.140. The molecule has 0 spiro atoms. The van der Waals surface area contributed by atoms with Gasteiger partial charge in [-0.25, -0.2) is 4.98 Å². The van der Waals surface area contributed by atoms with Crippen molar-refractivity contribution in [2.75, 3.05) is 13.2 Å². The van der Waals surface area contributed by atoms with Crippen molar-refractivity contribution >= 4 is 22.6 Å². The molecule has 0 atom stereocenters. The van der Waals surface area contributed by atoms with Gasteiger partial charge in [0.15, 0.2) is 0 Å². The van der Waals surface area contributed by atoms with Gasteiger partial charge in [-0.05, 0) is 31.2 Å². The van der Waals surface area contributed by atoms with Crippen molar-refractivity contribution in [3.05, 3.63) is 36.0 Å².